The molecule has 0 unspecified atom stereocenters. The van der Waals surface area contributed by atoms with Gasteiger partial charge in [-0.25, -0.2) is 4.79 Å². The number of hydrogen-bond acceptors (Lipinski definition) is 3. The van der Waals surface area contributed by atoms with Crippen molar-refractivity contribution in [3.8, 4) is 0 Å². The van der Waals surface area contributed by atoms with Gasteiger partial charge in [-0.1, -0.05) is 0 Å². The third-order valence-electron chi connectivity index (χ3n) is 1.82. The molecule has 13 heavy (non-hydrogen) atoms. The maximum Gasteiger partial charge on any atom is 0.328 e. The van der Waals surface area contributed by atoms with Crippen molar-refractivity contribution in [3.05, 3.63) is 17.0 Å². The Morgan fingerprint density at radius 3 is 2.62 bits per heavy atom. The van der Waals surface area contributed by atoms with E-state index in [1.165, 1.54) is 11.3 Å². The topological polar surface area (TPSA) is 49.3 Å². The standard InChI is InChI=1S/C9H13NO2S/c1-6-4-5-13-7(6)10-9(2,3)8(11)12/h4-5,10H,1-3H3,(H,11,12). The molecule has 1 rings (SSSR count). The Morgan fingerprint density at radius 2 is 2.23 bits per heavy atom. The summed E-state index contributed by atoms with van der Waals surface area (Å²) in [6.07, 6.45) is 0. The first kappa shape index (κ1) is 10.1. The molecule has 0 aliphatic heterocycles. The smallest absolute Gasteiger partial charge is 0.328 e. The quantitative estimate of drug-likeness (QED) is 0.785. The third kappa shape index (κ3) is 2.21. The Hall–Kier alpha value is -1.03. The van der Waals surface area contributed by atoms with Crippen molar-refractivity contribution in [2.45, 2.75) is 26.3 Å². The van der Waals surface area contributed by atoms with Crippen LogP contribution in [0.15, 0.2) is 11.4 Å². The van der Waals surface area contributed by atoms with Gasteiger partial charge in [0.15, 0.2) is 0 Å². The van der Waals surface area contributed by atoms with Crippen molar-refractivity contribution in [1.82, 2.24) is 0 Å². The lowest BCUT2D eigenvalue weighted by molar-refractivity contribution is -0.141. The fraction of sp³-hybridized carbons (Fsp3) is 0.444. The zero-order valence-electron chi connectivity index (χ0n) is 7.92. The largest absolute Gasteiger partial charge is 0.480 e. The van der Waals surface area contributed by atoms with E-state index in [0.717, 1.165) is 10.6 Å². The van der Waals surface area contributed by atoms with Crippen LogP contribution in [0.25, 0.3) is 0 Å². The highest BCUT2D eigenvalue weighted by molar-refractivity contribution is 7.14. The minimum atomic E-state index is -0.907. The molecular formula is C9H13NO2S. The molecule has 1 aromatic heterocycles. The zero-order chi connectivity index (χ0) is 10.1. The van der Waals surface area contributed by atoms with E-state index in [9.17, 15) is 4.79 Å². The molecule has 0 radical (unpaired) electrons. The number of aliphatic carboxylic acids is 1. The van der Waals surface area contributed by atoms with Gasteiger partial charge in [0.1, 0.15) is 5.54 Å². The number of nitrogens with one attached hydrogen (secondary N) is 1. The van der Waals surface area contributed by atoms with Crippen molar-refractivity contribution in [2.75, 3.05) is 5.32 Å². The lowest BCUT2D eigenvalue weighted by Crippen LogP contribution is -2.39. The van der Waals surface area contributed by atoms with Gasteiger partial charge in [-0.3, -0.25) is 0 Å². The average molecular weight is 199 g/mol. The van der Waals surface area contributed by atoms with E-state index >= 15 is 0 Å². The van der Waals surface area contributed by atoms with Gasteiger partial charge in [0.25, 0.3) is 0 Å². The van der Waals surface area contributed by atoms with Gasteiger partial charge in [-0.2, -0.15) is 0 Å². The molecule has 0 atom stereocenters. The number of rotatable bonds is 3. The zero-order valence-corrected chi connectivity index (χ0v) is 8.73. The minimum Gasteiger partial charge on any atom is -0.480 e. The Kier molecular flexibility index (Phi) is 2.61. The average Bonchev–Trinajstić information content (AvgIpc) is 2.35. The van der Waals surface area contributed by atoms with Crippen molar-refractivity contribution < 1.29 is 9.90 Å². The monoisotopic (exact) mass is 199 g/mol. The van der Waals surface area contributed by atoms with Crippen LogP contribution in [0.1, 0.15) is 19.4 Å². The van der Waals surface area contributed by atoms with Crippen molar-refractivity contribution in [2.24, 2.45) is 0 Å². The molecule has 4 heteroatoms. The molecule has 0 saturated carbocycles. The van der Waals surface area contributed by atoms with Gasteiger partial charge in [-0.15, -0.1) is 11.3 Å². The molecule has 1 heterocycles. The molecule has 0 saturated heterocycles. The van der Waals surface area contributed by atoms with Crippen LogP contribution in [-0.2, 0) is 4.79 Å². The molecule has 0 fully saturated rings. The number of carboxylic acid groups (broad SMARTS) is 1. The second kappa shape index (κ2) is 3.38. The number of anilines is 1. The summed E-state index contributed by atoms with van der Waals surface area (Å²) in [7, 11) is 0. The number of thiophene rings is 1. The summed E-state index contributed by atoms with van der Waals surface area (Å²) in [5, 5.41) is 14.7. The highest BCUT2D eigenvalue weighted by atomic mass is 32.1. The molecule has 1 aromatic rings. The van der Waals surface area contributed by atoms with Crippen molar-refractivity contribution in [1.29, 1.82) is 0 Å². The lowest BCUT2D eigenvalue weighted by Gasteiger charge is -2.21. The Bertz CT molecular complexity index is 317. The number of aryl methyl sites for hydroxylation is 1. The fourth-order valence-electron chi connectivity index (χ4n) is 0.838. The van der Waals surface area contributed by atoms with Crippen molar-refractivity contribution in [3.63, 3.8) is 0 Å². The Labute approximate surface area is 81.4 Å². The predicted molar refractivity (Wildman–Crippen MR) is 54.4 cm³/mol. The number of carbonyl (C=O) groups is 1. The first-order chi connectivity index (χ1) is 5.93. The maximum atomic E-state index is 10.8. The van der Waals surface area contributed by atoms with E-state index in [1.807, 2.05) is 18.4 Å². The van der Waals surface area contributed by atoms with Gasteiger partial charge in [0.2, 0.25) is 0 Å². The fourth-order valence-corrected chi connectivity index (χ4v) is 1.81. The van der Waals surface area contributed by atoms with E-state index in [0.29, 0.717) is 0 Å². The van der Waals surface area contributed by atoms with Gasteiger partial charge in [0, 0.05) is 0 Å². The van der Waals surface area contributed by atoms with E-state index in [1.54, 1.807) is 13.8 Å². The lowest BCUT2D eigenvalue weighted by atomic mass is 10.1. The van der Waals surface area contributed by atoms with Crippen molar-refractivity contribution >= 4 is 22.3 Å². The number of hydrogen-bond donors (Lipinski definition) is 2. The summed E-state index contributed by atoms with van der Waals surface area (Å²) in [6.45, 7) is 5.25. The molecular weight excluding hydrogens is 186 g/mol. The molecule has 0 amide bonds. The van der Waals surface area contributed by atoms with Crippen LogP contribution in [0, 0.1) is 6.92 Å². The van der Waals surface area contributed by atoms with Crippen LogP contribution in [-0.4, -0.2) is 16.6 Å². The second-order valence-corrected chi connectivity index (χ2v) is 4.40. The maximum absolute atomic E-state index is 10.8. The summed E-state index contributed by atoms with van der Waals surface area (Å²) < 4.78 is 0. The minimum absolute atomic E-state index is 0.847. The molecule has 0 aliphatic rings. The molecule has 0 spiro atoms. The van der Waals surface area contributed by atoms with E-state index < -0.39 is 11.5 Å². The van der Waals surface area contributed by atoms with E-state index in [2.05, 4.69) is 5.32 Å². The van der Waals surface area contributed by atoms with Crippen LogP contribution in [0.2, 0.25) is 0 Å². The summed E-state index contributed by atoms with van der Waals surface area (Å²) in [5.74, 6) is -0.847. The first-order valence-corrected chi connectivity index (χ1v) is 4.87. The first-order valence-electron chi connectivity index (χ1n) is 3.99. The van der Waals surface area contributed by atoms with Gasteiger partial charge < -0.3 is 10.4 Å². The van der Waals surface area contributed by atoms with Crippen LogP contribution < -0.4 is 5.32 Å². The summed E-state index contributed by atoms with van der Waals surface area (Å²) in [6, 6.07) is 1.96. The van der Waals surface area contributed by atoms with E-state index in [4.69, 9.17) is 5.11 Å². The number of carboxylic acids is 1. The summed E-state index contributed by atoms with van der Waals surface area (Å²) in [5.41, 5.74) is 0.176. The van der Waals surface area contributed by atoms with Crippen LogP contribution in [0.3, 0.4) is 0 Å². The van der Waals surface area contributed by atoms with Gasteiger partial charge in [0.05, 0.1) is 5.00 Å². The Morgan fingerprint density at radius 1 is 1.62 bits per heavy atom. The van der Waals surface area contributed by atoms with Crippen LogP contribution in [0.4, 0.5) is 5.00 Å². The SMILES string of the molecule is Cc1ccsc1NC(C)(C)C(=O)O. The van der Waals surface area contributed by atoms with Crippen LogP contribution in [0.5, 0.6) is 0 Å². The molecule has 3 nitrogen and oxygen atoms in total. The molecule has 0 bridgehead atoms. The van der Waals surface area contributed by atoms with Gasteiger partial charge >= 0.3 is 5.97 Å². The van der Waals surface area contributed by atoms with E-state index in [-0.39, 0.29) is 0 Å². The highest BCUT2D eigenvalue weighted by Gasteiger charge is 2.27. The van der Waals surface area contributed by atoms with Gasteiger partial charge in [-0.05, 0) is 37.8 Å². The normalized spacial score (nSPS) is 11.3. The Balaban J connectivity index is 2.80. The summed E-state index contributed by atoms with van der Waals surface area (Å²) in [4.78, 5) is 10.8. The highest BCUT2D eigenvalue weighted by Crippen LogP contribution is 2.25. The predicted octanol–water partition coefficient (Wildman–Crippen LogP) is 2.33. The molecule has 72 valence electrons. The third-order valence-corrected chi connectivity index (χ3v) is 2.75. The molecule has 0 aliphatic carbocycles. The van der Waals surface area contributed by atoms with Crippen LogP contribution >= 0.6 is 11.3 Å². The molecule has 2 N–H and O–H groups in total. The molecule has 0 aromatic carbocycles. The second-order valence-electron chi connectivity index (χ2n) is 3.49. The summed E-state index contributed by atoms with van der Waals surface area (Å²) >= 11 is 1.52.